The number of fused-ring (bicyclic) bond motifs is 1. The maximum atomic E-state index is 12.6. The fraction of sp³-hybridized carbons (Fsp3) is 0.500. The van der Waals surface area contributed by atoms with E-state index in [9.17, 15) is 4.79 Å². The third-order valence-electron chi connectivity index (χ3n) is 7.50. The van der Waals surface area contributed by atoms with Crippen LogP contribution >= 0.6 is 0 Å². The van der Waals surface area contributed by atoms with E-state index in [-0.39, 0.29) is 22.5 Å². The maximum Gasteiger partial charge on any atom is 0.312 e. The summed E-state index contributed by atoms with van der Waals surface area (Å²) in [6, 6.07) is 21.6. The number of methoxy groups -OCH3 is 1. The zero-order valence-corrected chi connectivity index (χ0v) is 19.9. The molecule has 0 spiro atoms. The lowest BCUT2D eigenvalue weighted by molar-refractivity contribution is -0.147. The lowest BCUT2D eigenvalue weighted by Gasteiger charge is -2.46. The summed E-state index contributed by atoms with van der Waals surface area (Å²) in [6.07, 6.45) is 2.86. The van der Waals surface area contributed by atoms with E-state index in [1.54, 1.807) is 0 Å². The van der Waals surface area contributed by atoms with E-state index < -0.39 is 8.32 Å². The van der Waals surface area contributed by atoms with E-state index >= 15 is 0 Å². The Hall–Kier alpha value is -1.91. The first-order valence-corrected chi connectivity index (χ1v) is 13.1. The van der Waals surface area contributed by atoms with Gasteiger partial charge in [-0.05, 0) is 40.1 Å². The fourth-order valence-electron chi connectivity index (χ4n) is 6.01. The Morgan fingerprint density at radius 3 is 1.97 bits per heavy atom. The number of hydrogen-bond acceptors (Lipinski definition) is 3. The molecule has 0 aromatic heterocycles. The molecule has 4 heteroatoms. The summed E-state index contributed by atoms with van der Waals surface area (Å²) in [5.41, 5.74) is -0.314. The van der Waals surface area contributed by atoms with Crippen molar-refractivity contribution in [1.82, 2.24) is 0 Å². The highest BCUT2D eigenvalue weighted by atomic mass is 28.4. The van der Waals surface area contributed by atoms with Crippen molar-refractivity contribution in [2.75, 3.05) is 7.11 Å². The largest absolute Gasteiger partial charge is 0.469 e. The van der Waals surface area contributed by atoms with Crippen LogP contribution in [0.4, 0.5) is 0 Å². The lowest BCUT2D eigenvalue weighted by atomic mass is 9.98. The first kappa shape index (κ1) is 21.3. The van der Waals surface area contributed by atoms with Crippen LogP contribution in [0.15, 0.2) is 60.7 Å². The Labute approximate surface area is 181 Å². The van der Waals surface area contributed by atoms with Gasteiger partial charge >= 0.3 is 5.97 Å². The van der Waals surface area contributed by atoms with Crippen molar-refractivity contribution >= 4 is 24.7 Å². The highest BCUT2D eigenvalue weighted by molar-refractivity contribution is 6.99. The van der Waals surface area contributed by atoms with Crippen LogP contribution in [0.3, 0.4) is 0 Å². The van der Waals surface area contributed by atoms with Gasteiger partial charge in [-0.25, -0.2) is 0 Å². The number of hydrogen-bond donors (Lipinski definition) is 0. The van der Waals surface area contributed by atoms with Gasteiger partial charge in [0.15, 0.2) is 0 Å². The topological polar surface area (TPSA) is 35.5 Å². The molecule has 0 radical (unpaired) electrons. The van der Waals surface area contributed by atoms with Gasteiger partial charge in [0.1, 0.15) is 0 Å². The third kappa shape index (κ3) is 3.16. The lowest BCUT2D eigenvalue weighted by Crippen LogP contribution is -2.68. The summed E-state index contributed by atoms with van der Waals surface area (Å²) in [5.74, 6) is 0.767. The molecule has 0 amide bonds. The molecule has 2 aromatic carbocycles. The van der Waals surface area contributed by atoms with E-state index in [0.29, 0.717) is 11.8 Å². The Morgan fingerprint density at radius 2 is 1.53 bits per heavy atom. The number of ether oxygens (including phenoxy) is 1. The molecule has 0 N–H and O–H groups in total. The summed E-state index contributed by atoms with van der Waals surface area (Å²) in [4.78, 5) is 12.6. The predicted molar refractivity (Wildman–Crippen MR) is 123 cm³/mol. The summed E-state index contributed by atoms with van der Waals surface area (Å²) in [5, 5.41) is 2.54. The zero-order valence-electron chi connectivity index (χ0n) is 18.9. The molecule has 2 fully saturated rings. The Morgan fingerprint density at radius 1 is 1.00 bits per heavy atom. The molecule has 2 saturated carbocycles. The maximum absolute atomic E-state index is 12.6. The molecule has 2 aliphatic carbocycles. The quantitative estimate of drug-likeness (QED) is 0.506. The molecule has 4 atom stereocenters. The van der Waals surface area contributed by atoms with Gasteiger partial charge in [0.05, 0.1) is 18.6 Å². The van der Waals surface area contributed by atoms with Crippen LogP contribution in [-0.2, 0) is 14.0 Å². The molecule has 2 aromatic rings. The van der Waals surface area contributed by atoms with Crippen molar-refractivity contribution in [1.29, 1.82) is 0 Å². The molecule has 2 aliphatic rings. The molecular formula is C26H34O3Si. The number of carbonyl (C=O) groups excluding carboxylic acids is 1. The Kier molecular flexibility index (Phi) is 5.44. The smallest absolute Gasteiger partial charge is 0.312 e. The molecule has 0 saturated heterocycles. The van der Waals surface area contributed by atoms with Gasteiger partial charge in [0.2, 0.25) is 0 Å². The number of benzene rings is 2. The van der Waals surface area contributed by atoms with Gasteiger partial charge in [0.25, 0.3) is 8.32 Å². The molecule has 3 nitrogen and oxygen atoms in total. The van der Waals surface area contributed by atoms with E-state index in [2.05, 4.69) is 88.4 Å². The van der Waals surface area contributed by atoms with Gasteiger partial charge in [-0.2, -0.15) is 0 Å². The highest BCUT2D eigenvalue weighted by Gasteiger charge is 2.71. The van der Waals surface area contributed by atoms with Crippen LogP contribution in [0.1, 0.15) is 47.0 Å². The predicted octanol–water partition coefficient (Wildman–Crippen LogP) is 4.54. The van der Waals surface area contributed by atoms with Crippen molar-refractivity contribution < 1.29 is 14.0 Å². The summed E-state index contributed by atoms with van der Waals surface area (Å²) in [7, 11) is -1.09. The average Bonchev–Trinajstić information content (AvgIpc) is 3.38. The second kappa shape index (κ2) is 7.65. The highest BCUT2D eigenvalue weighted by Crippen LogP contribution is 2.68. The summed E-state index contributed by atoms with van der Waals surface area (Å²) in [6.45, 7) is 9.17. The van der Waals surface area contributed by atoms with Crippen molar-refractivity contribution in [2.45, 2.75) is 58.1 Å². The van der Waals surface area contributed by atoms with Gasteiger partial charge in [-0.15, -0.1) is 0 Å². The minimum absolute atomic E-state index is 0.0421. The van der Waals surface area contributed by atoms with Crippen LogP contribution in [0, 0.1) is 17.3 Å². The third-order valence-corrected chi connectivity index (χ3v) is 12.6. The molecule has 0 unspecified atom stereocenters. The first-order valence-electron chi connectivity index (χ1n) is 11.2. The zero-order chi connectivity index (χ0) is 21.6. The fourth-order valence-corrected chi connectivity index (χ4v) is 10.7. The second-order valence-corrected chi connectivity index (χ2v) is 14.3. The van der Waals surface area contributed by atoms with E-state index in [1.165, 1.54) is 17.5 Å². The Balaban J connectivity index is 1.81. The monoisotopic (exact) mass is 422 g/mol. The van der Waals surface area contributed by atoms with Gasteiger partial charge in [-0.1, -0.05) is 94.8 Å². The minimum Gasteiger partial charge on any atom is -0.469 e. The standard InChI is InChI=1S/C26H34O3Si/c1-6-21-22-17-26(22,24(27)28-5)18-23(21)29-30(25(2,3)4,19-13-9-7-10-14-19)20-15-11-8-12-16-20/h7-16,21-23H,6,17-18H2,1-5H3/t21-,22+,23+,26+/m0/s1. The molecular weight excluding hydrogens is 388 g/mol. The van der Waals surface area contributed by atoms with Crippen LogP contribution in [0.5, 0.6) is 0 Å². The first-order chi connectivity index (χ1) is 14.3. The number of esters is 1. The van der Waals surface area contributed by atoms with E-state index in [1.807, 2.05) is 0 Å². The van der Waals surface area contributed by atoms with Crippen LogP contribution in [-0.4, -0.2) is 27.5 Å². The summed E-state index contributed by atoms with van der Waals surface area (Å²) >= 11 is 0. The van der Waals surface area contributed by atoms with E-state index in [0.717, 1.165) is 19.3 Å². The van der Waals surface area contributed by atoms with E-state index in [4.69, 9.17) is 9.16 Å². The van der Waals surface area contributed by atoms with Crippen LogP contribution < -0.4 is 10.4 Å². The molecule has 4 rings (SSSR count). The minimum atomic E-state index is -2.61. The molecule has 0 aliphatic heterocycles. The molecule has 30 heavy (non-hydrogen) atoms. The van der Waals surface area contributed by atoms with Gasteiger partial charge in [0, 0.05) is 0 Å². The van der Waals surface area contributed by atoms with Crippen LogP contribution in [0.25, 0.3) is 0 Å². The Bertz CT molecular complexity index is 850. The molecule has 160 valence electrons. The summed E-state index contributed by atoms with van der Waals surface area (Å²) < 4.78 is 12.6. The average molecular weight is 423 g/mol. The van der Waals surface area contributed by atoms with Gasteiger partial charge in [-0.3, -0.25) is 4.79 Å². The van der Waals surface area contributed by atoms with Crippen molar-refractivity contribution in [3.05, 3.63) is 60.7 Å². The molecule has 0 heterocycles. The number of carbonyl (C=O) groups is 1. The second-order valence-electron chi connectivity index (χ2n) is 10.1. The normalized spacial score (nSPS) is 28.1. The SMILES string of the molecule is CC[C@H]1[C@H]2C[C@@]2(C(=O)OC)C[C@H]1O[Si](c1ccccc1)(c1ccccc1)C(C)(C)C. The van der Waals surface area contributed by atoms with Crippen molar-refractivity contribution in [2.24, 2.45) is 17.3 Å². The van der Waals surface area contributed by atoms with Crippen LogP contribution in [0.2, 0.25) is 5.04 Å². The van der Waals surface area contributed by atoms with Gasteiger partial charge < -0.3 is 9.16 Å². The number of rotatable bonds is 6. The molecule has 0 bridgehead atoms. The van der Waals surface area contributed by atoms with Crippen molar-refractivity contribution in [3.63, 3.8) is 0 Å². The van der Waals surface area contributed by atoms with Crippen molar-refractivity contribution in [3.8, 4) is 0 Å².